The number of nitrogens with one attached hydrogen (secondary N) is 2. The summed E-state index contributed by atoms with van der Waals surface area (Å²) in [4.78, 5) is 25.4. The molecule has 0 aliphatic rings. The van der Waals surface area contributed by atoms with Gasteiger partial charge >= 0.3 is 0 Å². The minimum absolute atomic E-state index is 0.145. The largest absolute Gasteiger partial charge is 0.494 e. The summed E-state index contributed by atoms with van der Waals surface area (Å²) >= 11 is 4.74. The molecular formula is C29H30BrN5O3S. The van der Waals surface area contributed by atoms with Crippen molar-refractivity contribution in [3.63, 3.8) is 0 Å². The van der Waals surface area contributed by atoms with E-state index in [1.807, 2.05) is 60.0 Å². The van der Waals surface area contributed by atoms with Crippen molar-refractivity contribution in [1.82, 2.24) is 20.1 Å². The van der Waals surface area contributed by atoms with Crippen LogP contribution in [0.4, 0.5) is 5.69 Å². The number of ether oxygens (including phenoxy) is 1. The number of thioether (sulfide) groups is 1. The maximum Gasteiger partial charge on any atom is 0.251 e. The summed E-state index contributed by atoms with van der Waals surface area (Å²) < 4.78 is 8.46. The van der Waals surface area contributed by atoms with E-state index >= 15 is 0 Å². The normalized spacial score (nSPS) is 10.7. The second kappa shape index (κ2) is 14.0. The Morgan fingerprint density at radius 1 is 1.03 bits per heavy atom. The molecular weight excluding hydrogens is 578 g/mol. The summed E-state index contributed by atoms with van der Waals surface area (Å²) in [6.45, 7) is 4.90. The minimum atomic E-state index is -0.229. The minimum Gasteiger partial charge on any atom is -0.494 e. The molecule has 10 heteroatoms. The fourth-order valence-electron chi connectivity index (χ4n) is 3.71. The van der Waals surface area contributed by atoms with Crippen LogP contribution in [-0.2, 0) is 11.3 Å². The molecule has 4 aromatic rings. The molecule has 0 atom stereocenters. The number of rotatable bonds is 12. The van der Waals surface area contributed by atoms with Crippen LogP contribution in [0.3, 0.4) is 0 Å². The fourth-order valence-corrected chi connectivity index (χ4v) is 4.74. The third kappa shape index (κ3) is 8.18. The Labute approximate surface area is 240 Å². The maximum atomic E-state index is 12.8. The van der Waals surface area contributed by atoms with E-state index in [2.05, 4.69) is 43.7 Å². The topological polar surface area (TPSA) is 98.1 Å². The number of carbonyl (C=O) groups is 2. The van der Waals surface area contributed by atoms with Crippen molar-refractivity contribution in [2.24, 2.45) is 0 Å². The first-order valence-electron chi connectivity index (χ1n) is 12.6. The van der Waals surface area contributed by atoms with Gasteiger partial charge in [0.2, 0.25) is 5.91 Å². The Morgan fingerprint density at radius 2 is 1.79 bits per heavy atom. The molecule has 0 spiro atoms. The summed E-state index contributed by atoms with van der Waals surface area (Å²) in [5, 5.41) is 15.0. The average molecular weight is 609 g/mol. The molecule has 4 rings (SSSR count). The molecule has 202 valence electrons. The van der Waals surface area contributed by atoms with Gasteiger partial charge in [-0.1, -0.05) is 53.2 Å². The molecule has 0 aliphatic carbocycles. The number of unbranched alkanes of at least 4 members (excludes halogenated alkanes) is 1. The number of benzene rings is 3. The molecule has 1 heterocycles. The van der Waals surface area contributed by atoms with Crippen LogP contribution in [-0.4, -0.2) is 38.9 Å². The lowest BCUT2D eigenvalue weighted by atomic mass is 10.2. The highest BCUT2D eigenvalue weighted by molar-refractivity contribution is 9.10. The second-order valence-electron chi connectivity index (χ2n) is 8.83. The number of hydrogen-bond donors (Lipinski definition) is 2. The van der Waals surface area contributed by atoms with Gasteiger partial charge in [-0.15, -0.1) is 10.2 Å². The van der Waals surface area contributed by atoms with E-state index in [1.165, 1.54) is 11.8 Å². The first-order valence-corrected chi connectivity index (χ1v) is 14.4. The van der Waals surface area contributed by atoms with Crippen LogP contribution in [0.1, 0.15) is 41.5 Å². The van der Waals surface area contributed by atoms with Crippen molar-refractivity contribution in [3.8, 4) is 11.4 Å². The third-order valence-electron chi connectivity index (χ3n) is 5.71. The van der Waals surface area contributed by atoms with Crippen LogP contribution in [0.2, 0.25) is 0 Å². The molecule has 0 aliphatic heterocycles. The lowest BCUT2D eigenvalue weighted by Crippen LogP contribution is -2.24. The van der Waals surface area contributed by atoms with Crippen LogP contribution in [0.25, 0.3) is 5.69 Å². The number of carbonyl (C=O) groups excluding carboxylic acids is 2. The number of halogens is 1. The summed E-state index contributed by atoms with van der Waals surface area (Å²) in [7, 11) is 0. The van der Waals surface area contributed by atoms with Gasteiger partial charge in [-0.25, -0.2) is 0 Å². The molecule has 2 N–H and O–H groups in total. The maximum absolute atomic E-state index is 12.8. The van der Waals surface area contributed by atoms with Gasteiger partial charge in [-0.05, 0) is 79.6 Å². The third-order valence-corrected chi connectivity index (χ3v) is 7.17. The zero-order valence-electron chi connectivity index (χ0n) is 21.8. The van der Waals surface area contributed by atoms with Gasteiger partial charge in [0.25, 0.3) is 5.91 Å². The van der Waals surface area contributed by atoms with E-state index < -0.39 is 0 Å². The van der Waals surface area contributed by atoms with E-state index in [4.69, 9.17) is 4.74 Å². The molecule has 2 amide bonds. The number of amides is 2. The predicted octanol–water partition coefficient (Wildman–Crippen LogP) is 6.18. The van der Waals surface area contributed by atoms with Gasteiger partial charge in [-0.2, -0.15) is 0 Å². The lowest BCUT2D eigenvalue weighted by molar-refractivity contribution is -0.113. The first-order chi connectivity index (χ1) is 18.9. The van der Waals surface area contributed by atoms with Crippen molar-refractivity contribution in [2.45, 2.75) is 38.4 Å². The fraction of sp³-hybridized carbons (Fsp3) is 0.241. The SMILES string of the molecule is CCCCOc1ccc(C(=O)NCc2nnc(SCC(=O)Nc3cccc(C)c3)n2-c2ccc(Br)cc2)cc1. The molecule has 0 saturated heterocycles. The van der Waals surface area contributed by atoms with E-state index in [0.717, 1.165) is 40.0 Å². The average Bonchev–Trinajstić information content (AvgIpc) is 3.34. The summed E-state index contributed by atoms with van der Waals surface area (Å²) in [6, 6.07) is 22.4. The Balaban J connectivity index is 1.44. The zero-order chi connectivity index (χ0) is 27.6. The zero-order valence-corrected chi connectivity index (χ0v) is 24.2. The predicted molar refractivity (Wildman–Crippen MR) is 158 cm³/mol. The molecule has 8 nitrogen and oxygen atoms in total. The van der Waals surface area contributed by atoms with Crippen LogP contribution in [0.5, 0.6) is 5.75 Å². The number of hydrogen-bond acceptors (Lipinski definition) is 6. The molecule has 3 aromatic carbocycles. The smallest absolute Gasteiger partial charge is 0.251 e. The standard InChI is InChI=1S/C29H30BrN5O3S/c1-3-4-16-38-25-14-8-21(9-15-25)28(37)31-18-26-33-34-29(35(26)24-12-10-22(30)11-13-24)39-19-27(36)32-23-7-5-6-20(2)17-23/h5-15,17H,3-4,16,18-19H2,1-2H3,(H,31,37)(H,32,36). The van der Waals surface area contributed by atoms with Gasteiger partial charge in [0, 0.05) is 21.4 Å². The summed E-state index contributed by atoms with van der Waals surface area (Å²) in [5.74, 6) is 1.07. The van der Waals surface area contributed by atoms with E-state index in [9.17, 15) is 9.59 Å². The molecule has 0 unspecified atom stereocenters. The number of aryl methyl sites for hydroxylation is 1. The van der Waals surface area contributed by atoms with Crippen molar-refractivity contribution in [3.05, 3.63) is 94.2 Å². The van der Waals surface area contributed by atoms with Gasteiger partial charge in [0.1, 0.15) is 5.75 Å². The molecule has 39 heavy (non-hydrogen) atoms. The van der Waals surface area contributed by atoms with Gasteiger partial charge in [0.05, 0.1) is 18.9 Å². The van der Waals surface area contributed by atoms with Crippen molar-refractivity contribution in [2.75, 3.05) is 17.7 Å². The highest BCUT2D eigenvalue weighted by atomic mass is 79.9. The highest BCUT2D eigenvalue weighted by Crippen LogP contribution is 2.24. The van der Waals surface area contributed by atoms with Crippen LogP contribution in [0.15, 0.2) is 82.4 Å². The number of nitrogens with zero attached hydrogens (tertiary/aromatic N) is 3. The van der Waals surface area contributed by atoms with Crippen LogP contribution in [0, 0.1) is 6.92 Å². The Morgan fingerprint density at radius 3 is 2.51 bits per heavy atom. The van der Waals surface area contributed by atoms with Crippen molar-refractivity contribution in [1.29, 1.82) is 0 Å². The number of aromatic nitrogens is 3. The lowest BCUT2D eigenvalue weighted by Gasteiger charge is -2.12. The Hall–Kier alpha value is -3.63. The monoisotopic (exact) mass is 607 g/mol. The first kappa shape index (κ1) is 28.4. The van der Waals surface area contributed by atoms with E-state index in [0.29, 0.717) is 23.2 Å². The Bertz CT molecular complexity index is 1410. The van der Waals surface area contributed by atoms with Gasteiger partial charge in [0.15, 0.2) is 11.0 Å². The second-order valence-corrected chi connectivity index (χ2v) is 10.7. The Kier molecular flexibility index (Phi) is 10.2. The summed E-state index contributed by atoms with van der Waals surface area (Å²) in [6.07, 6.45) is 2.05. The van der Waals surface area contributed by atoms with Crippen molar-refractivity contribution >= 4 is 45.2 Å². The van der Waals surface area contributed by atoms with Gasteiger partial charge in [-0.3, -0.25) is 14.2 Å². The highest BCUT2D eigenvalue weighted by Gasteiger charge is 2.17. The van der Waals surface area contributed by atoms with Gasteiger partial charge < -0.3 is 15.4 Å². The summed E-state index contributed by atoms with van der Waals surface area (Å²) in [5.41, 5.74) is 3.16. The number of anilines is 1. The van der Waals surface area contributed by atoms with Crippen LogP contribution < -0.4 is 15.4 Å². The van der Waals surface area contributed by atoms with E-state index in [1.54, 1.807) is 24.3 Å². The van der Waals surface area contributed by atoms with Crippen LogP contribution >= 0.6 is 27.7 Å². The van der Waals surface area contributed by atoms with E-state index in [-0.39, 0.29) is 24.1 Å². The quantitative estimate of drug-likeness (QED) is 0.147. The molecule has 0 saturated carbocycles. The molecule has 0 bridgehead atoms. The molecule has 0 fully saturated rings. The van der Waals surface area contributed by atoms with Crippen molar-refractivity contribution < 1.29 is 14.3 Å². The molecule has 0 radical (unpaired) electrons. The molecule has 1 aromatic heterocycles.